The summed E-state index contributed by atoms with van der Waals surface area (Å²) >= 11 is 0. The maximum Gasteiger partial charge on any atom is 0.0773 e. The van der Waals surface area contributed by atoms with Gasteiger partial charge in [-0.2, -0.15) is 0 Å². The zero-order valence-corrected chi connectivity index (χ0v) is 9.80. The number of hydrogen-bond donors (Lipinski definition) is 1. The van der Waals surface area contributed by atoms with Crippen LogP contribution < -0.4 is 0 Å². The Morgan fingerprint density at radius 2 is 1.71 bits per heavy atom. The number of ether oxygens (including phenoxy) is 1. The van der Waals surface area contributed by atoms with Crippen molar-refractivity contribution in [2.75, 3.05) is 13.2 Å². The van der Waals surface area contributed by atoms with Gasteiger partial charge in [0.1, 0.15) is 0 Å². The fraction of sp³-hybridized carbons (Fsp3) is 1.00. The third kappa shape index (κ3) is 10.0. The van der Waals surface area contributed by atoms with Gasteiger partial charge in [0.2, 0.25) is 0 Å². The molecule has 0 saturated carbocycles. The first kappa shape index (κ1) is 13.9. The Hall–Kier alpha value is -0.0800. The minimum absolute atomic E-state index is 0.249. The number of unbranched alkanes of at least 4 members (excludes halogenated alkanes) is 4. The summed E-state index contributed by atoms with van der Waals surface area (Å²) in [6, 6.07) is 0. The first-order valence-corrected chi connectivity index (χ1v) is 6.07. The lowest BCUT2D eigenvalue weighted by Crippen LogP contribution is -2.15. The van der Waals surface area contributed by atoms with E-state index in [0.717, 1.165) is 32.3 Å². The van der Waals surface area contributed by atoms with Gasteiger partial charge in [0.25, 0.3) is 0 Å². The molecule has 14 heavy (non-hydrogen) atoms. The maximum absolute atomic E-state index is 9.46. The second-order valence-corrected chi connectivity index (χ2v) is 3.93. The molecule has 1 unspecified atom stereocenters. The normalized spacial score (nSPS) is 13.1. The van der Waals surface area contributed by atoms with E-state index >= 15 is 0 Å². The average molecular weight is 202 g/mol. The van der Waals surface area contributed by atoms with Crippen LogP contribution in [0.25, 0.3) is 0 Å². The minimum atomic E-state index is -0.249. The van der Waals surface area contributed by atoms with Crippen LogP contribution in [0.1, 0.15) is 58.8 Å². The van der Waals surface area contributed by atoms with Crippen molar-refractivity contribution in [3.05, 3.63) is 0 Å². The summed E-state index contributed by atoms with van der Waals surface area (Å²) in [7, 11) is 0. The van der Waals surface area contributed by atoms with Crippen molar-refractivity contribution < 1.29 is 9.84 Å². The molecule has 0 heterocycles. The van der Waals surface area contributed by atoms with Crippen LogP contribution in [0.4, 0.5) is 0 Å². The molecular formula is C12H26O2. The lowest BCUT2D eigenvalue weighted by atomic mass is 10.2. The van der Waals surface area contributed by atoms with Crippen LogP contribution in [-0.2, 0) is 4.74 Å². The number of hydrogen-bond acceptors (Lipinski definition) is 2. The van der Waals surface area contributed by atoms with E-state index < -0.39 is 0 Å². The summed E-state index contributed by atoms with van der Waals surface area (Å²) in [6.07, 6.45) is 7.82. The first-order valence-electron chi connectivity index (χ1n) is 6.07. The highest BCUT2D eigenvalue weighted by atomic mass is 16.5. The summed E-state index contributed by atoms with van der Waals surface area (Å²) in [5.74, 6) is 0. The van der Waals surface area contributed by atoms with Gasteiger partial charge < -0.3 is 9.84 Å². The molecule has 0 aliphatic rings. The van der Waals surface area contributed by atoms with E-state index in [1.807, 2.05) is 0 Å². The molecule has 0 aliphatic carbocycles. The Labute approximate surface area is 88.7 Å². The molecule has 86 valence electrons. The van der Waals surface area contributed by atoms with Gasteiger partial charge in [-0.05, 0) is 12.8 Å². The summed E-state index contributed by atoms with van der Waals surface area (Å²) < 4.78 is 5.39. The van der Waals surface area contributed by atoms with Crippen molar-refractivity contribution in [3.8, 4) is 0 Å². The van der Waals surface area contributed by atoms with Gasteiger partial charge in [-0.1, -0.05) is 46.0 Å². The van der Waals surface area contributed by atoms with E-state index in [0.29, 0.717) is 6.61 Å². The standard InChI is InChI=1S/C12H26O2/c1-3-5-7-8-10-14-11-12(13)9-6-4-2/h12-13H,3-11H2,1-2H3. The third-order valence-electron chi connectivity index (χ3n) is 2.34. The summed E-state index contributed by atoms with van der Waals surface area (Å²) in [4.78, 5) is 0. The van der Waals surface area contributed by atoms with E-state index in [-0.39, 0.29) is 6.10 Å². The Morgan fingerprint density at radius 3 is 2.36 bits per heavy atom. The van der Waals surface area contributed by atoms with E-state index in [1.54, 1.807) is 0 Å². The fourth-order valence-electron chi connectivity index (χ4n) is 1.37. The van der Waals surface area contributed by atoms with E-state index in [4.69, 9.17) is 4.74 Å². The van der Waals surface area contributed by atoms with Crippen molar-refractivity contribution in [1.29, 1.82) is 0 Å². The zero-order chi connectivity index (χ0) is 10.6. The second-order valence-electron chi connectivity index (χ2n) is 3.93. The van der Waals surface area contributed by atoms with Gasteiger partial charge in [-0.3, -0.25) is 0 Å². The van der Waals surface area contributed by atoms with Crippen LogP contribution in [0.3, 0.4) is 0 Å². The van der Waals surface area contributed by atoms with Crippen LogP contribution in [-0.4, -0.2) is 24.4 Å². The SMILES string of the molecule is CCCCCCOCC(O)CCCC. The van der Waals surface area contributed by atoms with Gasteiger partial charge in [0.15, 0.2) is 0 Å². The lowest BCUT2D eigenvalue weighted by molar-refractivity contribution is 0.0300. The molecule has 0 radical (unpaired) electrons. The quantitative estimate of drug-likeness (QED) is 0.551. The van der Waals surface area contributed by atoms with Gasteiger partial charge in [-0.25, -0.2) is 0 Å². The molecule has 2 heteroatoms. The van der Waals surface area contributed by atoms with Crippen molar-refractivity contribution in [3.63, 3.8) is 0 Å². The van der Waals surface area contributed by atoms with E-state index in [2.05, 4.69) is 13.8 Å². The van der Waals surface area contributed by atoms with Gasteiger partial charge in [0, 0.05) is 6.61 Å². The Kier molecular flexibility index (Phi) is 10.9. The molecule has 1 N–H and O–H groups in total. The Morgan fingerprint density at radius 1 is 1.00 bits per heavy atom. The lowest BCUT2D eigenvalue weighted by Gasteiger charge is -2.10. The van der Waals surface area contributed by atoms with Gasteiger partial charge >= 0.3 is 0 Å². The van der Waals surface area contributed by atoms with Gasteiger partial charge in [0.05, 0.1) is 12.7 Å². The highest BCUT2D eigenvalue weighted by Crippen LogP contribution is 2.02. The monoisotopic (exact) mass is 202 g/mol. The van der Waals surface area contributed by atoms with Crippen LogP contribution >= 0.6 is 0 Å². The second kappa shape index (κ2) is 11.0. The molecule has 0 saturated heterocycles. The zero-order valence-electron chi connectivity index (χ0n) is 9.80. The predicted octanol–water partition coefficient (Wildman–Crippen LogP) is 3.13. The van der Waals surface area contributed by atoms with E-state index in [1.165, 1.54) is 19.3 Å². The third-order valence-corrected chi connectivity index (χ3v) is 2.34. The highest BCUT2D eigenvalue weighted by molar-refractivity contribution is 4.53. The first-order chi connectivity index (χ1) is 6.81. The van der Waals surface area contributed by atoms with Crippen molar-refractivity contribution in [1.82, 2.24) is 0 Å². The molecule has 0 fully saturated rings. The number of aliphatic hydroxyl groups excluding tert-OH is 1. The summed E-state index contributed by atoms with van der Waals surface area (Å²) in [6.45, 7) is 5.67. The summed E-state index contributed by atoms with van der Waals surface area (Å²) in [5.41, 5.74) is 0. The fourth-order valence-corrected chi connectivity index (χ4v) is 1.37. The van der Waals surface area contributed by atoms with Crippen molar-refractivity contribution in [2.45, 2.75) is 64.9 Å². The van der Waals surface area contributed by atoms with Crippen molar-refractivity contribution >= 4 is 0 Å². The molecule has 0 spiro atoms. The predicted molar refractivity (Wildman–Crippen MR) is 60.5 cm³/mol. The van der Waals surface area contributed by atoms with Crippen LogP contribution in [0, 0.1) is 0 Å². The molecule has 0 aromatic carbocycles. The highest BCUT2D eigenvalue weighted by Gasteiger charge is 2.02. The number of aliphatic hydroxyl groups is 1. The molecule has 2 nitrogen and oxygen atoms in total. The van der Waals surface area contributed by atoms with Crippen LogP contribution in [0.2, 0.25) is 0 Å². The molecule has 0 amide bonds. The molecule has 0 aromatic rings. The molecule has 0 bridgehead atoms. The molecular weight excluding hydrogens is 176 g/mol. The van der Waals surface area contributed by atoms with Crippen LogP contribution in [0.5, 0.6) is 0 Å². The number of rotatable bonds is 10. The van der Waals surface area contributed by atoms with Crippen LogP contribution in [0.15, 0.2) is 0 Å². The largest absolute Gasteiger partial charge is 0.391 e. The Balaban J connectivity index is 3.02. The Bertz CT molecular complexity index is 104. The van der Waals surface area contributed by atoms with Gasteiger partial charge in [-0.15, -0.1) is 0 Å². The maximum atomic E-state index is 9.46. The smallest absolute Gasteiger partial charge is 0.0773 e. The summed E-state index contributed by atoms with van der Waals surface area (Å²) in [5, 5.41) is 9.46. The molecule has 1 atom stereocenters. The topological polar surface area (TPSA) is 29.5 Å². The minimum Gasteiger partial charge on any atom is -0.391 e. The average Bonchev–Trinajstić information content (AvgIpc) is 2.20. The van der Waals surface area contributed by atoms with E-state index in [9.17, 15) is 5.11 Å². The molecule has 0 rings (SSSR count). The molecule has 0 aliphatic heterocycles. The molecule has 0 aromatic heterocycles. The van der Waals surface area contributed by atoms with Crippen molar-refractivity contribution in [2.24, 2.45) is 0 Å².